The van der Waals surface area contributed by atoms with E-state index in [4.69, 9.17) is 4.74 Å². The maximum absolute atomic E-state index is 5.57. The predicted molar refractivity (Wildman–Crippen MR) is 44.9 cm³/mol. The molecule has 2 N–H and O–H groups in total. The number of morpholine rings is 1. The Kier molecular flexibility index (Phi) is 2.10. The molecule has 0 amide bonds. The number of hydrogen-bond donors (Lipinski definition) is 2. The number of nitrogens with zero attached hydrogens (tertiary/aromatic N) is 1. The summed E-state index contributed by atoms with van der Waals surface area (Å²) in [6.07, 6.45) is 1.98. The van der Waals surface area contributed by atoms with E-state index in [2.05, 4.69) is 15.5 Å². The fourth-order valence-corrected chi connectivity index (χ4v) is 1.43. The highest BCUT2D eigenvalue weighted by atomic mass is 16.5. The van der Waals surface area contributed by atoms with E-state index in [1.54, 1.807) is 0 Å². The zero-order valence-corrected chi connectivity index (χ0v) is 7.13. The summed E-state index contributed by atoms with van der Waals surface area (Å²) in [7, 11) is 0. The van der Waals surface area contributed by atoms with Gasteiger partial charge in [-0.25, -0.2) is 0 Å². The Morgan fingerprint density at radius 2 is 2.58 bits per heavy atom. The van der Waals surface area contributed by atoms with Crippen LogP contribution in [0.3, 0.4) is 0 Å². The lowest BCUT2D eigenvalue weighted by atomic mass is 10.1. The van der Waals surface area contributed by atoms with Crippen LogP contribution in [0.5, 0.6) is 0 Å². The summed E-state index contributed by atoms with van der Waals surface area (Å²) in [5.41, 5.74) is 2.27. The van der Waals surface area contributed by atoms with Gasteiger partial charge in [-0.2, -0.15) is 5.10 Å². The molecule has 1 atom stereocenters. The molecule has 0 unspecified atom stereocenters. The van der Waals surface area contributed by atoms with Gasteiger partial charge in [0.25, 0.3) is 0 Å². The van der Waals surface area contributed by atoms with E-state index in [1.165, 1.54) is 5.56 Å². The fraction of sp³-hybridized carbons (Fsp3) is 0.625. The fourth-order valence-electron chi connectivity index (χ4n) is 1.43. The van der Waals surface area contributed by atoms with Gasteiger partial charge in [0.1, 0.15) is 6.10 Å². The number of H-pyrrole nitrogens is 1. The normalized spacial score (nSPS) is 24.2. The summed E-state index contributed by atoms with van der Waals surface area (Å²) in [6.45, 7) is 4.65. The lowest BCUT2D eigenvalue weighted by molar-refractivity contribution is 0.0246. The van der Waals surface area contributed by atoms with Crippen molar-refractivity contribution in [2.75, 3.05) is 19.7 Å². The Morgan fingerprint density at radius 1 is 1.67 bits per heavy atom. The first-order valence-corrected chi connectivity index (χ1v) is 4.20. The molecule has 2 rings (SSSR count). The highest BCUT2D eigenvalue weighted by Gasteiger charge is 2.18. The maximum atomic E-state index is 5.57. The summed E-state index contributed by atoms with van der Waals surface area (Å²) in [5, 5.41) is 10.2. The minimum atomic E-state index is 0.154. The van der Waals surface area contributed by atoms with Crippen molar-refractivity contribution in [3.8, 4) is 0 Å². The number of aromatic nitrogens is 2. The highest BCUT2D eigenvalue weighted by Crippen LogP contribution is 2.18. The largest absolute Gasteiger partial charge is 0.369 e. The lowest BCUT2D eigenvalue weighted by Gasteiger charge is -2.22. The molecular formula is C8H13N3O. The van der Waals surface area contributed by atoms with Crippen molar-refractivity contribution < 1.29 is 4.74 Å². The van der Waals surface area contributed by atoms with Gasteiger partial charge in [-0.15, -0.1) is 0 Å². The molecule has 0 aliphatic carbocycles. The smallest absolute Gasteiger partial charge is 0.112 e. The third kappa shape index (κ3) is 1.35. The van der Waals surface area contributed by atoms with E-state index in [1.807, 2.05) is 13.1 Å². The quantitative estimate of drug-likeness (QED) is 0.635. The number of rotatable bonds is 1. The van der Waals surface area contributed by atoms with E-state index in [0.717, 1.165) is 25.4 Å². The van der Waals surface area contributed by atoms with Crippen LogP contribution < -0.4 is 5.32 Å². The second-order valence-corrected chi connectivity index (χ2v) is 3.03. The SMILES string of the molecule is Cc1cn[nH]c1[C@@H]1CNCCO1. The van der Waals surface area contributed by atoms with Gasteiger partial charge in [0.2, 0.25) is 0 Å². The van der Waals surface area contributed by atoms with Crippen molar-refractivity contribution in [1.29, 1.82) is 0 Å². The van der Waals surface area contributed by atoms with Crippen LogP contribution in [0.25, 0.3) is 0 Å². The molecule has 0 spiro atoms. The summed E-state index contributed by atoms with van der Waals surface area (Å²) in [4.78, 5) is 0. The summed E-state index contributed by atoms with van der Waals surface area (Å²) < 4.78 is 5.57. The lowest BCUT2D eigenvalue weighted by Crippen LogP contribution is -2.33. The molecule has 1 aliphatic heterocycles. The Bertz CT molecular complexity index is 253. The summed E-state index contributed by atoms with van der Waals surface area (Å²) in [5.74, 6) is 0. The summed E-state index contributed by atoms with van der Waals surface area (Å²) in [6, 6.07) is 0. The first-order chi connectivity index (χ1) is 5.88. The van der Waals surface area contributed by atoms with Crippen LogP contribution in [0.1, 0.15) is 17.4 Å². The van der Waals surface area contributed by atoms with Gasteiger partial charge >= 0.3 is 0 Å². The second kappa shape index (κ2) is 3.25. The molecule has 4 heteroatoms. The molecule has 0 saturated carbocycles. The Labute approximate surface area is 71.3 Å². The molecule has 0 bridgehead atoms. The van der Waals surface area contributed by atoms with Crippen molar-refractivity contribution >= 4 is 0 Å². The zero-order chi connectivity index (χ0) is 8.39. The van der Waals surface area contributed by atoms with Crippen LogP contribution in [0.15, 0.2) is 6.20 Å². The molecule has 0 aromatic carbocycles. The van der Waals surface area contributed by atoms with Gasteiger partial charge in [0.05, 0.1) is 18.5 Å². The van der Waals surface area contributed by atoms with Gasteiger partial charge < -0.3 is 10.1 Å². The Hall–Kier alpha value is -0.870. The molecule has 1 aliphatic rings. The van der Waals surface area contributed by atoms with Crippen LogP contribution in [0, 0.1) is 6.92 Å². The number of aromatic amines is 1. The van der Waals surface area contributed by atoms with Crippen molar-refractivity contribution in [1.82, 2.24) is 15.5 Å². The van der Waals surface area contributed by atoms with Crippen LogP contribution in [-0.4, -0.2) is 29.9 Å². The number of ether oxygens (including phenoxy) is 1. The van der Waals surface area contributed by atoms with Gasteiger partial charge in [-0.3, -0.25) is 5.10 Å². The highest BCUT2D eigenvalue weighted by molar-refractivity contribution is 5.17. The molecule has 0 radical (unpaired) electrons. The first-order valence-electron chi connectivity index (χ1n) is 4.20. The average Bonchev–Trinajstić information content (AvgIpc) is 2.53. The minimum absolute atomic E-state index is 0.154. The number of hydrogen-bond acceptors (Lipinski definition) is 3. The van der Waals surface area contributed by atoms with Crippen molar-refractivity contribution in [2.24, 2.45) is 0 Å². The van der Waals surface area contributed by atoms with E-state index in [9.17, 15) is 0 Å². The predicted octanol–water partition coefficient (Wildman–Crippen LogP) is 0.379. The van der Waals surface area contributed by atoms with Crippen molar-refractivity contribution in [3.63, 3.8) is 0 Å². The van der Waals surface area contributed by atoms with Crippen molar-refractivity contribution in [2.45, 2.75) is 13.0 Å². The molecule has 66 valence electrons. The van der Waals surface area contributed by atoms with Crippen LogP contribution in [-0.2, 0) is 4.74 Å². The molecular weight excluding hydrogens is 154 g/mol. The van der Waals surface area contributed by atoms with Crippen molar-refractivity contribution in [3.05, 3.63) is 17.5 Å². The van der Waals surface area contributed by atoms with Crippen LogP contribution >= 0.6 is 0 Å². The van der Waals surface area contributed by atoms with E-state index in [-0.39, 0.29) is 6.10 Å². The topological polar surface area (TPSA) is 49.9 Å². The number of nitrogens with one attached hydrogen (secondary N) is 2. The molecule has 1 aromatic heterocycles. The van der Waals surface area contributed by atoms with Crippen LogP contribution in [0.4, 0.5) is 0 Å². The van der Waals surface area contributed by atoms with E-state index >= 15 is 0 Å². The van der Waals surface area contributed by atoms with Gasteiger partial charge in [0.15, 0.2) is 0 Å². The standard InChI is InChI=1S/C8H13N3O/c1-6-4-10-11-8(6)7-5-9-2-3-12-7/h4,7,9H,2-3,5H2,1H3,(H,10,11)/t7-/m0/s1. The molecule has 1 aromatic rings. The molecule has 1 saturated heterocycles. The average molecular weight is 167 g/mol. The molecule has 4 nitrogen and oxygen atoms in total. The van der Waals surface area contributed by atoms with E-state index in [0.29, 0.717) is 0 Å². The van der Waals surface area contributed by atoms with Gasteiger partial charge in [-0.05, 0) is 12.5 Å². The molecule has 2 heterocycles. The summed E-state index contributed by atoms with van der Waals surface area (Å²) >= 11 is 0. The monoisotopic (exact) mass is 167 g/mol. The van der Waals surface area contributed by atoms with Gasteiger partial charge in [-0.1, -0.05) is 0 Å². The Morgan fingerprint density at radius 3 is 3.17 bits per heavy atom. The third-order valence-electron chi connectivity index (χ3n) is 2.12. The minimum Gasteiger partial charge on any atom is -0.369 e. The molecule has 1 fully saturated rings. The second-order valence-electron chi connectivity index (χ2n) is 3.03. The van der Waals surface area contributed by atoms with Gasteiger partial charge in [0, 0.05) is 13.1 Å². The zero-order valence-electron chi connectivity index (χ0n) is 7.13. The maximum Gasteiger partial charge on any atom is 0.112 e. The number of aryl methyl sites for hydroxylation is 1. The molecule has 12 heavy (non-hydrogen) atoms. The third-order valence-corrected chi connectivity index (χ3v) is 2.12. The van der Waals surface area contributed by atoms with Crippen LogP contribution in [0.2, 0.25) is 0 Å². The Balaban J connectivity index is 2.13. The van der Waals surface area contributed by atoms with E-state index < -0.39 is 0 Å². The first kappa shape index (κ1) is 7.76.